The molecule has 1 aromatic carbocycles. The molecule has 0 fully saturated rings. The minimum absolute atomic E-state index is 0.00398. The van der Waals surface area contributed by atoms with E-state index in [1.165, 1.54) is 12.3 Å². The lowest BCUT2D eigenvalue weighted by molar-refractivity contribution is 0.599. The third kappa shape index (κ3) is 1.04. The van der Waals surface area contributed by atoms with Gasteiger partial charge in [0.05, 0.1) is 16.3 Å². The van der Waals surface area contributed by atoms with Crippen LogP contribution in [0.15, 0.2) is 28.1 Å². The van der Waals surface area contributed by atoms with Crippen molar-refractivity contribution in [3.8, 4) is 0 Å². The van der Waals surface area contributed by atoms with Gasteiger partial charge in [0.2, 0.25) is 0 Å². The van der Waals surface area contributed by atoms with Crippen LogP contribution < -0.4 is 0 Å². The van der Waals surface area contributed by atoms with Crippen molar-refractivity contribution in [1.29, 1.82) is 0 Å². The Bertz CT molecular complexity index is 434. The van der Waals surface area contributed by atoms with E-state index in [1.807, 2.05) is 0 Å². The third-order valence-electron chi connectivity index (χ3n) is 1.66. The molecule has 3 nitrogen and oxygen atoms in total. The summed E-state index contributed by atoms with van der Waals surface area (Å²) in [6.07, 6.45) is 1.41. The summed E-state index contributed by atoms with van der Waals surface area (Å²) in [5.74, 6) is 0.00398. The molecular formula is C8H6NO2S. The number of hydrogen-bond donors (Lipinski definition) is 0. The molecule has 1 aliphatic heterocycles. The third-order valence-corrected chi connectivity index (χ3v) is 3.27. The summed E-state index contributed by atoms with van der Waals surface area (Å²) in [4.78, 5) is 4.26. The normalized spacial score (nSPS) is 18.7. The summed E-state index contributed by atoms with van der Waals surface area (Å²) < 4.78 is 22.7. The number of benzene rings is 1. The molecule has 0 saturated heterocycles. The smallest absolute Gasteiger partial charge is 0.185 e. The largest absolute Gasteiger partial charge is 0.259 e. The van der Waals surface area contributed by atoms with Crippen LogP contribution in [0.5, 0.6) is 0 Å². The van der Waals surface area contributed by atoms with Gasteiger partial charge in [0.25, 0.3) is 0 Å². The van der Waals surface area contributed by atoms with Crippen LogP contribution in [0, 0.1) is 6.07 Å². The maximum atomic E-state index is 11.4. The van der Waals surface area contributed by atoms with E-state index < -0.39 is 9.84 Å². The zero-order chi connectivity index (χ0) is 8.60. The molecule has 0 aromatic heterocycles. The minimum Gasteiger partial charge on any atom is -0.259 e. The Morgan fingerprint density at radius 3 is 3.08 bits per heavy atom. The average Bonchev–Trinajstić information content (AvgIpc) is 2.04. The first-order chi connectivity index (χ1) is 5.70. The molecule has 12 heavy (non-hydrogen) atoms. The minimum atomic E-state index is -3.11. The molecule has 1 aliphatic rings. The number of rotatable bonds is 0. The van der Waals surface area contributed by atoms with Gasteiger partial charge >= 0.3 is 0 Å². The van der Waals surface area contributed by atoms with Crippen molar-refractivity contribution in [2.45, 2.75) is 4.90 Å². The van der Waals surface area contributed by atoms with Gasteiger partial charge in [0.1, 0.15) is 0 Å². The van der Waals surface area contributed by atoms with Crippen LogP contribution >= 0.6 is 0 Å². The topological polar surface area (TPSA) is 46.5 Å². The second-order valence-corrected chi connectivity index (χ2v) is 4.49. The van der Waals surface area contributed by atoms with Gasteiger partial charge in [-0.2, -0.15) is 0 Å². The Balaban J connectivity index is 2.77. The molecule has 1 aromatic rings. The van der Waals surface area contributed by atoms with Crippen molar-refractivity contribution in [3.63, 3.8) is 0 Å². The highest BCUT2D eigenvalue weighted by Gasteiger charge is 2.19. The van der Waals surface area contributed by atoms with Gasteiger partial charge in [-0.3, -0.25) is 4.99 Å². The first-order valence-electron chi connectivity index (χ1n) is 3.45. The maximum Gasteiger partial charge on any atom is 0.185 e. The van der Waals surface area contributed by atoms with Crippen molar-refractivity contribution in [2.24, 2.45) is 4.99 Å². The summed E-state index contributed by atoms with van der Waals surface area (Å²) in [6.45, 7) is 0. The number of sulfone groups is 1. The van der Waals surface area contributed by atoms with E-state index in [9.17, 15) is 8.42 Å². The van der Waals surface area contributed by atoms with E-state index in [2.05, 4.69) is 11.1 Å². The molecular weight excluding hydrogens is 174 g/mol. The number of aliphatic imine (C=N–C) groups is 1. The fourth-order valence-electron chi connectivity index (χ4n) is 1.09. The second kappa shape index (κ2) is 2.42. The Labute approximate surface area is 70.7 Å². The van der Waals surface area contributed by atoms with Crippen LogP contribution in [0.25, 0.3) is 0 Å². The SMILES string of the molecule is O=S1(=O)CC=Nc2c[c]ccc21. The lowest BCUT2D eigenvalue weighted by atomic mass is 10.3. The van der Waals surface area contributed by atoms with E-state index in [-0.39, 0.29) is 5.75 Å². The predicted molar refractivity (Wildman–Crippen MR) is 45.5 cm³/mol. The molecule has 0 spiro atoms. The van der Waals surface area contributed by atoms with Crippen LogP contribution in [0.1, 0.15) is 0 Å². The van der Waals surface area contributed by atoms with Crippen LogP contribution in [0.2, 0.25) is 0 Å². The summed E-state index contributed by atoms with van der Waals surface area (Å²) in [5, 5.41) is 0. The zero-order valence-electron chi connectivity index (χ0n) is 6.19. The van der Waals surface area contributed by atoms with Crippen LogP contribution in [0.4, 0.5) is 5.69 Å². The Morgan fingerprint density at radius 1 is 1.50 bits per heavy atom. The lowest BCUT2D eigenvalue weighted by Gasteiger charge is -2.08. The molecule has 1 heterocycles. The summed E-state index contributed by atoms with van der Waals surface area (Å²) in [5.41, 5.74) is 0.490. The zero-order valence-corrected chi connectivity index (χ0v) is 7.00. The molecule has 0 bridgehead atoms. The van der Waals surface area contributed by atoms with Gasteiger partial charge in [-0.05, 0) is 18.2 Å². The fraction of sp³-hybridized carbons (Fsp3) is 0.125. The van der Waals surface area contributed by atoms with Gasteiger partial charge in [-0.15, -0.1) is 0 Å². The maximum absolute atomic E-state index is 11.4. The van der Waals surface area contributed by atoms with Gasteiger partial charge in [-0.1, -0.05) is 6.07 Å². The Kier molecular flexibility index (Phi) is 1.51. The molecule has 0 amide bonds. The number of hydrogen-bond acceptors (Lipinski definition) is 3. The van der Waals surface area contributed by atoms with Crippen LogP contribution in [-0.4, -0.2) is 20.4 Å². The number of nitrogens with zero attached hydrogens (tertiary/aromatic N) is 1. The molecule has 0 aliphatic carbocycles. The Morgan fingerprint density at radius 2 is 2.33 bits per heavy atom. The first-order valence-corrected chi connectivity index (χ1v) is 5.11. The highest BCUT2D eigenvalue weighted by Crippen LogP contribution is 2.26. The average molecular weight is 180 g/mol. The van der Waals surface area contributed by atoms with E-state index in [0.29, 0.717) is 10.6 Å². The highest BCUT2D eigenvalue weighted by atomic mass is 32.2. The molecule has 0 atom stereocenters. The van der Waals surface area contributed by atoms with Crippen molar-refractivity contribution < 1.29 is 8.42 Å². The number of fused-ring (bicyclic) bond motifs is 1. The molecule has 0 saturated carbocycles. The molecule has 0 N–H and O–H groups in total. The van der Waals surface area contributed by atoms with E-state index in [0.717, 1.165) is 0 Å². The molecule has 0 unspecified atom stereocenters. The van der Waals surface area contributed by atoms with Gasteiger partial charge in [0, 0.05) is 6.21 Å². The second-order valence-electron chi connectivity index (χ2n) is 2.49. The van der Waals surface area contributed by atoms with Crippen molar-refractivity contribution in [1.82, 2.24) is 0 Å². The Hall–Kier alpha value is -1.16. The standard InChI is InChI=1S/C8H6NO2S/c10-12(11)6-5-9-7-3-1-2-4-8(7)12/h2-5H,6H2. The van der Waals surface area contributed by atoms with Crippen LogP contribution in [-0.2, 0) is 9.84 Å². The van der Waals surface area contributed by atoms with Gasteiger partial charge in [-0.25, -0.2) is 8.42 Å². The summed E-state index contributed by atoms with van der Waals surface area (Å²) in [7, 11) is -3.11. The van der Waals surface area contributed by atoms with E-state index >= 15 is 0 Å². The van der Waals surface area contributed by atoms with Crippen molar-refractivity contribution >= 4 is 21.7 Å². The van der Waals surface area contributed by atoms with Crippen molar-refractivity contribution in [3.05, 3.63) is 24.3 Å². The van der Waals surface area contributed by atoms with Crippen LogP contribution in [0.3, 0.4) is 0 Å². The van der Waals surface area contributed by atoms with Gasteiger partial charge < -0.3 is 0 Å². The molecule has 61 valence electrons. The first kappa shape index (κ1) is 7.49. The summed E-state index contributed by atoms with van der Waals surface area (Å²) in [6, 6.07) is 7.46. The van der Waals surface area contributed by atoms with Crippen molar-refractivity contribution in [2.75, 3.05) is 5.75 Å². The fourth-order valence-corrected chi connectivity index (χ4v) is 2.25. The summed E-state index contributed by atoms with van der Waals surface area (Å²) >= 11 is 0. The van der Waals surface area contributed by atoms with Gasteiger partial charge in [0.15, 0.2) is 9.84 Å². The molecule has 1 radical (unpaired) electrons. The quantitative estimate of drug-likeness (QED) is 0.597. The predicted octanol–water partition coefficient (Wildman–Crippen LogP) is 0.976. The van der Waals surface area contributed by atoms with E-state index in [4.69, 9.17) is 0 Å². The molecule has 4 heteroatoms. The molecule has 2 rings (SSSR count). The van der Waals surface area contributed by atoms with E-state index in [1.54, 1.807) is 12.1 Å². The lowest BCUT2D eigenvalue weighted by Crippen LogP contribution is -2.11. The highest BCUT2D eigenvalue weighted by molar-refractivity contribution is 7.92. The monoisotopic (exact) mass is 180 g/mol.